The summed E-state index contributed by atoms with van der Waals surface area (Å²) in [4.78, 5) is 22.1. The molecule has 0 spiro atoms. The molecule has 0 N–H and O–H groups in total. The summed E-state index contributed by atoms with van der Waals surface area (Å²) in [6, 6.07) is 17.3. The molecule has 3 aromatic rings. The van der Waals surface area contributed by atoms with Crippen LogP contribution >= 0.6 is 0 Å². The lowest BCUT2D eigenvalue weighted by atomic mass is 10.1. The predicted octanol–water partition coefficient (Wildman–Crippen LogP) is 3.42. The van der Waals surface area contributed by atoms with Crippen molar-refractivity contribution in [1.82, 2.24) is 14.9 Å². The summed E-state index contributed by atoms with van der Waals surface area (Å²) in [5.74, 6) is 0.494. The van der Waals surface area contributed by atoms with E-state index >= 15 is 0 Å². The van der Waals surface area contributed by atoms with E-state index in [4.69, 9.17) is 4.74 Å². The van der Waals surface area contributed by atoms with E-state index in [1.54, 1.807) is 32.6 Å². The highest BCUT2D eigenvalue weighted by Crippen LogP contribution is 2.19. The second-order valence-electron chi connectivity index (χ2n) is 5.79. The maximum absolute atomic E-state index is 11.9. The highest BCUT2D eigenvalue weighted by Gasteiger charge is 2.09. The fraction of sp³-hybridized carbons (Fsp3) is 0.150. The quantitative estimate of drug-likeness (QED) is 0.718. The van der Waals surface area contributed by atoms with E-state index in [1.165, 1.54) is 4.90 Å². The lowest BCUT2D eigenvalue weighted by Gasteiger charge is -2.10. The predicted molar refractivity (Wildman–Crippen MR) is 96.3 cm³/mol. The molecule has 0 aliphatic rings. The number of ether oxygens (including phenoxy) is 1. The molecule has 126 valence electrons. The summed E-state index contributed by atoms with van der Waals surface area (Å²) in [7, 11) is 3.43. The third-order valence-electron chi connectivity index (χ3n) is 3.68. The van der Waals surface area contributed by atoms with Gasteiger partial charge in [-0.1, -0.05) is 30.3 Å². The zero-order valence-electron chi connectivity index (χ0n) is 14.2. The maximum atomic E-state index is 11.9. The first-order valence-corrected chi connectivity index (χ1v) is 7.94. The molecule has 0 radical (unpaired) electrons. The maximum Gasteiger partial charge on any atom is 0.254 e. The number of hydrogen-bond donors (Lipinski definition) is 0. The van der Waals surface area contributed by atoms with Gasteiger partial charge in [0.25, 0.3) is 5.91 Å². The van der Waals surface area contributed by atoms with Crippen molar-refractivity contribution in [1.29, 1.82) is 0 Å². The normalized spacial score (nSPS) is 10.3. The van der Waals surface area contributed by atoms with Gasteiger partial charge in [-0.2, -0.15) is 0 Å². The van der Waals surface area contributed by atoms with Gasteiger partial charge in [0.15, 0.2) is 0 Å². The number of pyridine rings is 2. The Balaban J connectivity index is 1.66. The van der Waals surface area contributed by atoms with E-state index in [9.17, 15) is 4.79 Å². The number of hydrogen-bond acceptors (Lipinski definition) is 4. The molecule has 3 rings (SSSR count). The van der Waals surface area contributed by atoms with Crippen LogP contribution in [0.2, 0.25) is 0 Å². The van der Waals surface area contributed by atoms with Crippen molar-refractivity contribution in [2.24, 2.45) is 0 Å². The van der Waals surface area contributed by atoms with Crippen molar-refractivity contribution in [2.75, 3.05) is 14.1 Å². The molecular formula is C20H19N3O2. The van der Waals surface area contributed by atoms with Crippen LogP contribution in [0, 0.1) is 0 Å². The molecular weight excluding hydrogens is 314 g/mol. The number of aromatic nitrogens is 2. The Morgan fingerprint density at radius 3 is 2.36 bits per heavy atom. The van der Waals surface area contributed by atoms with Gasteiger partial charge in [0.1, 0.15) is 6.61 Å². The topological polar surface area (TPSA) is 55.3 Å². The van der Waals surface area contributed by atoms with Crippen molar-refractivity contribution < 1.29 is 9.53 Å². The monoisotopic (exact) mass is 333 g/mol. The zero-order chi connectivity index (χ0) is 17.6. The molecule has 1 amide bonds. The Morgan fingerprint density at radius 1 is 0.960 bits per heavy atom. The van der Waals surface area contributed by atoms with E-state index in [0.29, 0.717) is 18.1 Å². The Kier molecular flexibility index (Phi) is 5.04. The average molecular weight is 333 g/mol. The first-order chi connectivity index (χ1) is 12.1. The molecule has 0 saturated carbocycles. The van der Waals surface area contributed by atoms with Crippen LogP contribution in [0.3, 0.4) is 0 Å². The van der Waals surface area contributed by atoms with Gasteiger partial charge in [-0.15, -0.1) is 0 Å². The fourth-order valence-corrected chi connectivity index (χ4v) is 2.30. The molecule has 0 aliphatic heterocycles. The average Bonchev–Trinajstić information content (AvgIpc) is 2.67. The highest BCUT2D eigenvalue weighted by atomic mass is 16.5. The van der Waals surface area contributed by atoms with Crippen LogP contribution in [0.25, 0.3) is 11.3 Å². The second kappa shape index (κ2) is 7.57. The fourth-order valence-electron chi connectivity index (χ4n) is 2.30. The van der Waals surface area contributed by atoms with Gasteiger partial charge in [0.05, 0.1) is 11.3 Å². The molecule has 1 aromatic carbocycles. The Labute approximate surface area is 146 Å². The molecule has 25 heavy (non-hydrogen) atoms. The Morgan fingerprint density at radius 2 is 1.76 bits per heavy atom. The standard InChI is InChI=1S/C20H19N3O2/c1-23(2)20(24)17-8-10-18(21-13-17)16-9-11-19(22-12-16)25-14-15-6-4-3-5-7-15/h3-13H,14H2,1-2H3. The third-order valence-corrected chi connectivity index (χ3v) is 3.68. The van der Waals surface area contributed by atoms with E-state index < -0.39 is 0 Å². The van der Waals surface area contributed by atoms with Crippen molar-refractivity contribution in [2.45, 2.75) is 6.61 Å². The molecule has 5 heteroatoms. The van der Waals surface area contributed by atoms with Crippen LogP contribution in [0.15, 0.2) is 67.0 Å². The molecule has 2 aromatic heterocycles. The number of carbonyl (C=O) groups is 1. The number of benzene rings is 1. The minimum atomic E-state index is -0.0677. The molecule has 0 bridgehead atoms. The lowest BCUT2D eigenvalue weighted by molar-refractivity contribution is 0.0827. The SMILES string of the molecule is CN(C)C(=O)c1ccc(-c2ccc(OCc3ccccc3)nc2)nc1. The molecule has 5 nitrogen and oxygen atoms in total. The summed E-state index contributed by atoms with van der Waals surface area (Å²) in [5, 5.41) is 0. The Hall–Kier alpha value is -3.21. The summed E-state index contributed by atoms with van der Waals surface area (Å²) >= 11 is 0. The van der Waals surface area contributed by atoms with E-state index in [0.717, 1.165) is 16.8 Å². The van der Waals surface area contributed by atoms with Crippen LogP contribution in [0.5, 0.6) is 5.88 Å². The van der Waals surface area contributed by atoms with Crippen molar-refractivity contribution >= 4 is 5.91 Å². The molecule has 0 fully saturated rings. The lowest BCUT2D eigenvalue weighted by Crippen LogP contribution is -2.21. The van der Waals surface area contributed by atoms with Gasteiger partial charge >= 0.3 is 0 Å². The number of rotatable bonds is 5. The first kappa shape index (κ1) is 16.6. The van der Waals surface area contributed by atoms with Gasteiger partial charge < -0.3 is 9.64 Å². The molecule has 0 saturated heterocycles. The largest absolute Gasteiger partial charge is 0.473 e. The van der Waals surface area contributed by atoms with Crippen LogP contribution in [-0.2, 0) is 6.61 Å². The molecule has 2 heterocycles. The van der Waals surface area contributed by atoms with E-state index in [1.807, 2.05) is 48.5 Å². The number of amides is 1. The van der Waals surface area contributed by atoms with Crippen LogP contribution in [-0.4, -0.2) is 34.9 Å². The second-order valence-corrected chi connectivity index (χ2v) is 5.79. The van der Waals surface area contributed by atoms with Crippen LogP contribution in [0.4, 0.5) is 0 Å². The van der Waals surface area contributed by atoms with E-state index in [-0.39, 0.29) is 5.91 Å². The van der Waals surface area contributed by atoms with Gasteiger partial charge in [-0.05, 0) is 23.8 Å². The van der Waals surface area contributed by atoms with Crippen LogP contribution < -0.4 is 4.74 Å². The van der Waals surface area contributed by atoms with Crippen LogP contribution in [0.1, 0.15) is 15.9 Å². The summed E-state index contributed by atoms with van der Waals surface area (Å²) in [6.45, 7) is 0.479. The highest BCUT2D eigenvalue weighted by molar-refractivity contribution is 5.93. The zero-order valence-corrected chi connectivity index (χ0v) is 14.2. The van der Waals surface area contributed by atoms with Gasteiger partial charge in [0.2, 0.25) is 5.88 Å². The van der Waals surface area contributed by atoms with Gasteiger partial charge in [-0.3, -0.25) is 9.78 Å². The number of nitrogens with zero attached hydrogens (tertiary/aromatic N) is 3. The first-order valence-electron chi connectivity index (χ1n) is 7.94. The third kappa shape index (κ3) is 4.20. The van der Waals surface area contributed by atoms with Crippen molar-refractivity contribution in [3.8, 4) is 17.1 Å². The summed E-state index contributed by atoms with van der Waals surface area (Å²) in [5.41, 5.74) is 3.29. The molecule has 0 unspecified atom stereocenters. The Bertz CT molecular complexity index is 829. The smallest absolute Gasteiger partial charge is 0.254 e. The number of carbonyl (C=O) groups excluding carboxylic acids is 1. The minimum absolute atomic E-state index is 0.0677. The van der Waals surface area contributed by atoms with Gasteiger partial charge in [0, 0.05) is 38.1 Å². The van der Waals surface area contributed by atoms with Crippen molar-refractivity contribution in [3.05, 3.63) is 78.1 Å². The molecule has 0 atom stereocenters. The molecule has 0 aliphatic carbocycles. The van der Waals surface area contributed by atoms with E-state index in [2.05, 4.69) is 9.97 Å². The summed E-state index contributed by atoms with van der Waals surface area (Å²) < 4.78 is 5.68. The minimum Gasteiger partial charge on any atom is -0.473 e. The van der Waals surface area contributed by atoms with Crippen molar-refractivity contribution in [3.63, 3.8) is 0 Å². The van der Waals surface area contributed by atoms with Gasteiger partial charge in [-0.25, -0.2) is 4.98 Å². The summed E-state index contributed by atoms with van der Waals surface area (Å²) in [6.07, 6.45) is 3.30.